The van der Waals surface area contributed by atoms with E-state index in [1.165, 1.54) is 12.8 Å². The molecule has 0 radical (unpaired) electrons. The third-order valence-electron chi connectivity index (χ3n) is 3.42. The van der Waals surface area contributed by atoms with Crippen molar-refractivity contribution in [1.82, 2.24) is 5.32 Å². The van der Waals surface area contributed by atoms with Crippen molar-refractivity contribution in [3.63, 3.8) is 0 Å². The fraction of sp³-hybridized carbons (Fsp3) is 0.500. The van der Waals surface area contributed by atoms with Crippen LogP contribution >= 0.6 is 15.9 Å². The highest BCUT2D eigenvalue weighted by Gasteiger charge is 2.22. The van der Waals surface area contributed by atoms with E-state index in [2.05, 4.69) is 21.2 Å². The predicted molar refractivity (Wildman–Crippen MR) is 74.5 cm³/mol. The average molecular weight is 312 g/mol. The minimum absolute atomic E-state index is 0.175. The van der Waals surface area contributed by atoms with Gasteiger partial charge in [0.15, 0.2) is 0 Å². The van der Waals surface area contributed by atoms with Gasteiger partial charge in [0.25, 0.3) is 0 Å². The lowest BCUT2D eigenvalue weighted by Crippen LogP contribution is -2.28. The molecule has 1 saturated carbocycles. The van der Waals surface area contributed by atoms with E-state index >= 15 is 0 Å². The van der Waals surface area contributed by atoms with Crippen LogP contribution in [0.4, 0.5) is 0 Å². The highest BCUT2D eigenvalue weighted by atomic mass is 79.9. The summed E-state index contributed by atoms with van der Waals surface area (Å²) in [5.74, 6) is 1.20. The highest BCUT2D eigenvalue weighted by Crippen LogP contribution is 2.26. The van der Waals surface area contributed by atoms with E-state index in [-0.39, 0.29) is 11.8 Å². The van der Waals surface area contributed by atoms with Crippen LogP contribution in [-0.2, 0) is 11.3 Å². The molecule has 0 bridgehead atoms. The molecule has 1 fully saturated rings. The third-order valence-corrected chi connectivity index (χ3v) is 3.91. The van der Waals surface area contributed by atoms with E-state index in [4.69, 9.17) is 4.74 Å². The van der Waals surface area contributed by atoms with Crippen LogP contribution in [0, 0.1) is 5.92 Å². The zero-order valence-corrected chi connectivity index (χ0v) is 12.1. The number of amides is 1. The molecule has 98 valence electrons. The molecule has 1 amide bonds. The molecule has 1 aromatic carbocycles. The molecule has 1 N–H and O–H groups in total. The third kappa shape index (κ3) is 3.25. The molecule has 1 aromatic rings. The van der Waals surface area contributed by atoms with Crippen LogP contribution in [-0.4, -0.2) is 13.0 Å². The quantitative estimate of drug-likeness (QED) is 0.927. The van der Waals surface area contributed by atoms with Gasteiger partial charge >= 0.3 is 0 Å². The summed E-state index contributed by atoms with van der Waals surface area (Å²) in [6.45, 7) is 0.526. The first-order chi connectivity index (χ1) is 8.70. The molecule has 0 atom stereocenters. The molecule has 0 saturated heterocycles. The van der Waals surface area contributed by atoms with Gasteiger partial charge < -0.3 is 10.1 Å². The van der Waals surface area contributed by atoms with Crippen molar-refractivity contribution in [3.05, 3.63) is 28.2 Å². The van der Waals surface area contributed by atoms with Gasteiger partial charge in [0.05, 0.1) is 7.11 Å². The minimum Gasteiger partial charge on any atom is -0.496 e. The lowest BCUT2D eigenvalue weighted by molar-refractivity contribution is -0.124. The standard InChI is InChI=1S/C14H18BrNO2/c1-18-13-7-6-12(15)8-11(13)9-16-14(17)10-4-2-3-5-10/h6-8,10H,2-5,9H2,1H3,(H,16,17). The van der Waals surface area contributed by atoms with Gasteiger partial charge in [-0.05, 0) is 31.0 Å². The molecule has 0 unspecified atom stereocenters. The Labute approximate surface area is 116 Å². The summed E-state index contributed by atoms with van der Waals surface area (Å²) in [6, 6.07) is 5.82. The van der Waals surface area contributed by atoms with Crippen molar-refractivity contribution in [2.75, 3.05) is 7.11 Å². The van der Waals surface area contributed by atoms with Gasteiger partial charge in [0.1, 0.15) is 5.75 Å². The highest BCUT2D eigenvalue weighted by molar-refractivity contribution is 9.10. The van der Waals surface area contributed by atoms with Crippen molar-refractivity contribution in [2.45, 2.75) is 32.2 Å². The SMILES string of the molecule is COc1ccc(Br)cc1CNC(=O)C1CCCC1. The first-order valence-electron chi connectivity index (χ1n) is 6.31. The van der Waals surface area contributed by atoms with Crippen molar-refractivity contribution < 1.29 is 9.53 Å². The Balaban J connectivity index is 1.96. The van der Waals surface area contributed by atoms with Crippen LogP contribution in [0.1, 0.15) is 31.2 Å². The monoisotopic (exact) mass is 311 g/mol. The van der Waals surface area contributed by atoms with Gasteiger partial charge in [-0.2, -0.15) is 0 Å². The maximum Gasteiger partial charge on any atom is 0.223 e. The van der Waals surface area contributed by atoms with Gasteiger partial charge in [-0.1, -0.05) is 28.8 Å². The number of carbonyl (C=O) groups is 1. The molecule has 4 heteroatoms. The van der Waals surface area contributed by atoms with Crippen LogP contribution < -0.4 is 10.1 Å². The van der Waals surface area contributed by atoms with Crippen molar-refractivity contribution in [3.8, 4) is 5.75 Å². The first-order valence-corrected chi connectivity index (χ1v) is 7.10. The average Bonchev–Trinajstić information content (AvgIpc) is 2.90. The van der Waals surface area contributed by atoms with Gasteiger partial charge in [0, 0.05) is 22.5 Å². The van der Waals surface area contributed by atoms with Gasteiger partial charge in [0.2, 0.25) is 5.91 Å². The number of hydrogen-bond acceptors (Lipinski definition) is 2. The van der Waals surface area contributed by atoms with E-state index in [1.54, 1.807) is 7.11 Å². The van der Waals surface area contributed by atoms with Gasteiger partial charge in [-0.3, -0.25) is 4.79 Å². The van der Waals surface area contributed by atoms with Crippen LogP contribution in [0.25, 0.3) is 0 Å². The molecule has 3 nitrogen and oxygen atoms in total. The molecule has 0 aromatic heterocycles. The van der Waals surface area contributed by atoms with Crippen LogP contribution in [0.2, 0.25) is 0 Å². The lowest BCUT2D eigenvalue weighted by Gasteiger charge is -2.13. The van der Waals surface area contributed by atoms with Gasteiger partial charge in [-0.15, -0.1) is 0 Å². The molecule has 1 aliphatic carbocycles. The zero-order chi connectivity index (χ0) is 13.0. The van der Waals surface area contributed by atoms with E-state index in [0.717, 1.165) is 28.6 Å². The Morgan fingerprint density at radius 2 is 2.17 bits per heavy atom. The Morgan fingerprint density at radius 3 is 2.83 bits per heavy atom. The second-order valence-electron chi connectivity index (χ2n) is 4.66. The second kappa shape index (κ2) is 6.23. The van der Waals surface area contributed by atoms with Crippen molar-refractivity contribution >= 4 is 21.8 Å². The number of benzene rings is 1. The molecule has 0 spiro atoms. The van der Waals surface area contributed by atoms with Crippen LogP contribution in [0.5, 0.6) is 5.75 Å². The lowest BCUT2D eigenvalue weighted by atomic mass is 10.1. The molecule has 18 heavy (non-hydrogen) atoms. The maximum atomic E-state index is 11.9. The summed E-state index contributed by atoms with van der Waals surface area (Å²) >= 11 is 3.43. The summed E-state index contributed by atoms with van der Waals surface area (Å²) in [5.41, 5.74) is 0.998. The predicted octanol–water partition coefficient (Wildman–Crippen LogP) is 3.26. The van der Waals surface area contributed by atoms with Crippen molar-refractivity contribution in [2.24, 2.45) is 5.92 Å². The molecular formula is C14H18BrNO2. The fourth-order valence-electron chi connectivity index (χ4n) is 2.40. The van der Waals surface area contributed by atoms with E-state index in [1.807, 2.05) is 18.2 Å². The summed E-state index contributed by atoms with van der Waals surface area (Å²) in [6.07, 6.45) is 4.42. The number of halogens is 1. The molecular weight excluding hydrogens is 294 g/mol. The Bertz CT molecular complexity index is 428. The Morgan fingerprint density at radius 1 is 1.44 bits per heavy atom. The number of nitrogens with one attached hydrogen (secondary N) is 1. The smallest absolute Gasteiger partial charge is 0.223 e. The first kappa shape index (κ1) is 13.4. The molecule has 1 aliphatic rings. The summed E-state index contributed by atoms with van der Waals surface area (Å²) in [5, 5.41) is 3.00. The minimum atomic E-state index is 0.175. The summed E-state index contributed by atoms with van der Waals surface area (Å²) in [7, 11) is 1.64. The van der Waals surface area contributed by atoms with E-state index < -0.39 is 0 Å². The van der Waals surface area contributed by atoms with Crippen LogP contribution in [0.15, 0.2) is 22.7 Å². The molecule has 0 heterocycles. The number of hydrogen-bond donors (Lipinski definition) is 1. The summed E-state index contributed by atoms with van der Waals surface area (Å²) < 4.78 is 6.28. The fourth-order valence-corrected chi connectivity index (χ4v) is 2.81. The largest absolute Gasteiger partial charge is 0.496 e. The number of rotatable bonds is 4. The second-order valence-corrected chi connectivity index (χ2v) is 5.57. The zero-order valence-electron chi connectivity index (χ0n) is 10.5. The maximum absolute atomic E-state index is 11.9. The van der Waals surface area contributed by atoms with E-state index in [9.17, 15) is 4.79 Å². The van der Waals surface area contributed by atoms with E-state index in [0.29, 0.717) is 6.54 Å². The van der Waals surface area contributed by atoms with Gasteiger partial charge in [-0.25, -0.2) is 0 Å². The van der Waals surface area contributed by atoms with Crippen molar-refractivity contribution in [1.29, 1.82) is 0 Å². The number of carbonyl (C=O) groups excluding carboxylic acids is 1. The summed E-state index contributed by atoms with van der Waals surface area (Å²) in [4.78, 5) is 11.9. The Hall–Kier alpha value is -1.03. The molecule has 2 rings (SSSR count). The number of ether oxygens (including phenoxy) is 1. The molecule has 0 aliphatic heterocycles. The topological polar surface area (TPSA) is 38.3 Å². The van der Waals surface area contributed by atoms with Crippen LogP contribution in [0.3, 0.4) is 0 Å². The number of methoxy groups -OCH3 is 1. The Kier molecular flexibility index (Phi) is 4.64. The normalized spacial score (nSPS) is 15.7.